The molecule has 1 aliphatic carbocycles. The zero-order chi connectivity index (χ0) is 17.6. The summed E-state index contributed by atoms with van der Waals surface area (Å²) in [4.78, 5) is 25.6. The van der Waals surface area contributed by atoms with Crippen LogP contribution in [0, 0.1) is 23.2 Å². The van der Waals surface area contributed by atoms with Gasteiger partial charge in [0.15, 0.2) is 0 Å². The minimum absolute atomic E-state index is 0.325. The topological polar surface area (TPSA) is 99.4 Å². The molecule has 3 heterocycles. The first-order valence-electron chi connectivity index (χ1n) is 8.84. The van der Waals surface area contributed by atoms with Crippen LogP contribution in [-0.2, 0) is 27.2 Å². The molecule has 2 N–H and O–H groups in total. The number of aryl methyl sites for hydroxylation is 1. The second kappa shape index (κ2) is 6.43. The summed E-state index contributed by atoms with van der Waals surface area (Å²) >= 11 is 1.47. The third kappa shape index (κ3) is 2.74. The van der Waals surface area contributed by atoms with Gasteiger partial charge in [-0.05, 0) is 44.1 Å². The number of fused-ring (bicyclic) bond motifs is 3. The lowest BCUT2D eigenvalue weighted by Gasteiger charge is -2.23. The average Bonchev–Trinajstić information content (AvgIpc) is 3.23. The molecular weight excluding hydrogens is 340 g/mol. The number of amides is 1. The number of nitrogens with one attached hydrogen (secondary N) is 1. The highest BCUT2D eigenvalue weighted by atomic mass is 32.1. The Kier molecular flexibility index (Phi) is 4.26. The number of anilines is 1. The fourth-order valence-electron chi connectivity index (χ4n) is 4.47. The van der Waals surface area contributed by atoms with Crippen LogP contribution in [0.15, 0.2) is 0 Å². The molecule has 1 aromatic heterocycles. The first-order chi connectivity index (χ1) is 12.1. The van der Waals surface area contributed by atoms with Gasteiger partial charge in [-0.2, -0.15) is 5.26 Å². The van der Waals surface area contributed by atoms with Gasteiger partial charge in [-0.3, -0.25) is 9.59 Å². The molecule has 2 bridgehead atoms. The largest absolute Gasteiger partial charge is 0.481 e. The van der Waals surface area contributed by atoms with E-state index in [1.165, 1.54) is 16.2 Å². The van der Waals surface area contributed by atoms with Crippen LogP contribution >= 0.6 is 11.3 Å². The highest BCUT2D eigenvalue weighted by molar-refractivity contribution is 7.16. The Morgan fingerprint density at radius 2 is 1.88 bits per heavy atom. The van der Waals surface area contributed by atoms with E-state index < -0.39 is 17.8 Å². The van der Waals surface area contributed by atoms with Crippen molar-refractivity contribution in [1.29, 1.82) is 5.26 Å². The second-order valence-corrected chi connectivity index (χ2v) is 8.15. The molecule has 1 aromatic rings. The molecule has 0 aromatic carbocycles. The summed E-state index contributed by atoms with van der Waals surface area (Å²) in [6.45, 7) is 0. The van der Waals surface area contributed by atoms with Crippen LogP contribution < -0.4 is 5.32 Å². The molecule has 0 radical (unpaired) electrons. The standard InChI is InChI=1S/C18H20N2O4S/c19-8-10-9-4-2-1-3-5-13(9)25-17(10)20-16(21)14-11-6-7-12(24-11)15(14)18(22)23/h11-12,14-15H,1-7H2,(H,20,21)(H,22,23)/t11-,12+,14+,15-/m0/s1. The normalized spacial score (nSPS) is 30.4. The van der Waals surface area contributed by atoms with Gasteiger partial charge in [0, 0.05) is 4.88 Å². The maximum absolute atomic E-state index is 12.8. The van der Waals surface area contributed by atoms with Crippen LogP contribution in [0.25, 0.3) is 0 Å². The third-order valence-corrected chi connectivity index (χ3v) is 6.84. The fourth-order valence-corrected chi connectivity index (χ4v) is 5.71. The third-order valence-electron chi connectivity index (χ3n) is 5.63. The Morgan fingerprint density at radius 1 is 1.16 bits per heavy atom. The Morgan fingerprint density at radius 3 is 2.60 bits per heavy atom. The Labute approximate surface area is 149 Å². The Balaban J connectivity index is 1.59. The number of rotatable bonds is 3. The smallest absolute Gasteiger partial charge is 0.310 e. The van der Waals surface area contributed by atoms with E-state index in [-0.39, 0.29) is 18.1 Å². The van der Waals surface area contributed by atoms with Crippen LogP contribution in [0.1, 0.15) is 48.1 Å². The monoisotopic (exact) mass is 360 g/mol. The van der Waals surface area contributed by atoms with E-state index in [1.54, 1.807) is 0 Å². The molecular formula is C18H20N2O4S. The van der Waals surface area contributed by atoms with Crippen molar-refractivity contribution >= 4 is 28.2 Å². The SMILES string of the molecule is N#Cc1c(NC(=O)[C@H]2[C@@H](C(=O)O)[C@H]3CC[C@@H]2O3)sc2c1CCCCC2. The number of carbonyl (C=O) groups is 2. The molecule has 2 saturated heterocycles. The van der Waals surface area contributed by atoms with E-state index in [2.05, 4.69) is 11.4 Å². The van der Waals surface area contributed by atoms with E-state index in [4.69, 9.17) is 4.74 Å². The van der Waals surface area contributed by atoms with Gasteiger partial charge in [0.1, 0.15) is 11.1 Å². The number of ether oxygens (including phenoxy) is 1. The van der Waals surface area contributed by atoms with Gasteiger partial charge in [0.25, 0.3) is 0 Å². The molecule has 7 heteroatoms. The van der Waals surface area contributed by atoms with Gasteiger partial charge in [0.05, 0.1) is 29.6 Å². The number of carboxylic acid groups (broad SMARTS) is 1. The first-order valence-corrected chi connectivity index (χ1v) is 9.65. The lowest BCUT2D eigenvalue weighted by molar-refractivity contribution is -0.147. The molecule has 25 heavy (non-hydrogen) atoms. The van der Waals surface area contributed by atoms with E-state index in [0.29, 0.717) is 17.0 Å². The van der Waals surface area contributed by atoms with Crippen LogP contribution in [0.5, 0.6) is 0 Å². The van der Waals surface area contributed by atoms with Crippen LogP contribution in [0.2, 0.25) is 0 Å². The van der Waals surface area contributed by atoms with Crippen molar-refractivity contribution in [3.05, 3.63) is 16.0 Å². The van der Waals surface area contributed by atoms with Gasteiger partial charge < -0.3 is 15.2 Å². The molecule has 0 unspecified atom stereocenters. The zero-order valence-corrected chi connectivity index (χ0v) is 14.6. The molecule has 1 amide bonds. The van der Waals surface area contributed by atoms with Gasteiger partial charge in [0.2, 0.25) is 5.91 Å². The molecule has 0 saturated carbocycles. The van der Waals surface area contributed by atoms with Gasteiger partial charge in [-0.25, -0.2) is 0 Å². The molecule has 0 spiro atoms. The predicted molar refractivity (Wildman–Crippen MR) is 91.4 cm³/mol. The highest BCUT2D eigenvalue weighted by Crippen LogP contribution is 2.45. The predicted octanol–water partition coefficient (Wildman–Crippen LogP) is 2.71. The first kappa shape index (κ1) is 16.6. The second-order valence-electron chi connectivity index (χ2n) is 7.05. The van der Waals surface area contributed by atoms with Crippen molar-refractivity contribution in [1.82, 2.24) is 0 Å². The molecule has 4 atom stereocenters. The quantitative estimate of drug-likeness (QED) is 0.808. The van der Waals surface area contributed by atoms with Crippen molar-refractivity contribution in [3.63, 3.8) is 0 Å². The van der Waals surface area contributed by atoms with Crippen molar-refractivity contribution in [2.75, 3.05) is 5.32 Å². The van der Waals surface area contributed by atoms with Crippen molar-refractivity contribution in [2.45, 2.75) is 57.2 Å². The van der Waals surface area contributed by atoms with Gasteiger partial charge >= 0.3 is 5.97 Å². The van der Waals surface area contributed by atoms with E-state index in [0.717, 1.165) is 44.1 Å². The summed E-state index contributed by atoms with van der Waals surface area (Å²) in [5.41, 5.74) is 1.63. The Hall–Kier alpha value is -1.91. The van der Waals surface area contributed by atoms with Gasteiger partial charge in [-0.15, -0.1) is 11.3 Å². The summed E-state index contributed by atoms with van der Waals surface area (Å²) in [6.07, 6.45) is 5.87. The molecule has 2 fully saturated rings. The summed E-state index contributed by atoms with van der Waals surface area (Å²) in [6, 6.07) is 2.24. The number of carboxylic acids is 1. The number of hydrogen-bond acceptors (Lipinski definition) is 5. The van der Waals surface area contributed by atoms with Gasteiger partial charge in [-0.1, -0.05) is 6.42 Å². The van der Waals surface area contributed by atoms with Crippen LogP contribution in [-0.4, -0.2) is 29.2 Å². The van der Waals surface area contributed by atoms with Crippen LogP contribution in [0.3, 0.4) is 0 Å². The van der Waals surface area contributed by atoms with E-state index in [9.17, 15) is 20.0 Å². The summed E-state index contributed by atoms with van der Waals surface area (Å²) in [5.74, 6) is -2.77. The summed E-state index contributed by atoms with van der Waals surface area (Å²) in [7, 11) is 0. The molecule has 6 nitrogen and oxygen atoms in total. The maximum Gasteiger partial charge on any atom is 0.310 e. The molecule has 132 valence electrons. The van der Waals surface area contributed by atoms with Crippen molar-refractivity contribution < 1.29 is 19.4 Å². The minimum Gasteiger partial charge on any atom is -0.481 e. The fraction of sp³-hybridized carbons (Fsp3) is 0.611. The number of thiophene rings is 1. The van der Waals surface area contributed by atoms with Crippen molar-refractivity contribution in [3.8, 4) is 6.07 Å². The number of hydrogen-bond donors (Lipinski definition) is 2. The minimum atomic E-state index is -0.977. The molecule has 2 aliphatic heterocycles. The van der Waals surface area contributed by atoms with Crippen molar-refractivity contribution in [2.24, 2.45) is 11.8 Å². The lowest BCUT2D eigenvalue weighted by atomic mass is 9.79. The molecule has 4 rings (SSSR count). The van der Waals surface area contributed by atoms with E-state index >= 15 is 0 Å². The number of nitriles is 1. The number of aliphatic carboxylic acids is 1. The number of carbonyl (C=O) groups excluding carboxylic acids is 1. The summed E-state index contributed by atoms with van der Waals surface area (Å²) < 4.78 is 5.67. The average molecular weight is 360 g/mol. The highest BCUT2D eigenvalue weighted by Gasteiger charge is 2.55. The Bertz CT molecular complexity index is 766. The van der Waals surface area contributed by atoms with Crippen LogP contribution in [0.4, 0.5) is 5.00 Å². The maximum atomic E-state index is 12.8. The lowest BCUT2D eigenvalue weighted by Crippen LogP contribution is -2.40. The summed E-state index contributed by atoms with van der Waals surface area (Å²) in [5, 5.41) is 22.5. The van der Waals surface area contributed by atoms with E-state index in [1.807, 2.05) is 0 Å². The number of nitrogens with zero attached hydrogens (tertiary/aromatic N) is 1. The molecule has 3 aliphatic rings. The zero-order valence-electron chi connectivity index (χ0n) is 13.8.